The van der Waals surface area contributed by atoms with Crippen molar-refractivity contribution in [3.8, 4) is 0 Å². The van der Waals surface area contributed by atoms with E-state index in [2.05, 4.69) is 24.0 Å². The van der Waals surface area contributed by atoms with Gasteiger partial charge < -0.3 is 10.3 Å². The van der Waals surface area contributed by atoms with Crippen molar-refractivity contribution in [3.05, 3.63) is 11.7 Å². The molecule has 80 valence electrons. The van der Waals surface area contributed by atoms with Crippen LogP contribution in [0.5, 0.6) is 0 Å². The molecule has 1 heterocycles. The van der Waals surface area contributed by atoms with Crippen molar-refractivity contribution in [2.75, 3.05) is 0 Å². The first kappa shape index (κ1) is 11.2. The average Bonchev–Trinajstić information content (AvgIpc) is 2.64. The molecule has 1 rings (SSSR count). The Bertz CT molecular complexity index is 283. The smallest absolute Gasteiger partial charge is 0.243 e. The van der Waals surface area contributed by atoms with Crippen LogP contribution >= 0.6 is 0 Å². The second-order valence-corrected chi connectivity index (χ2v) is 4.06. The first-order chi connectivity index (χ1) is 6.56. The Morgan fingerprint density at radius 3 is 2.43 bits per heavy atom. The zero-order chi connectivity index (χ0) is 10.7. The lowest BCUT2D eigenvalue weighted by Gasteiger charge is -2.13. The van der Waals surface area contributed by atoms with Crippen molar-refractivity contribution < 1.29 is 4.52 Å². The zero-order valence-electron chi connectivity index (χ0n) is 9.32. The average molecular weight is 197 g/mol. The third kappa shape index (κ3) is 2.32. The molecule has 1 aromatic rings. The van der Waals surface area contributed by atoms with Gasteiger partial charge in [-0.05, 0) is 5.92 Å². The molecule has 4 heteroatoms. The van der Waals surface area contributed by atoms with Gasteiger partial charge >= 0.3 is 0 Å². The van der Waals surface area contributed by atoms with E-state index in [0.717, 1.165) is 12.2 Å². The maximum Gasteiger partial charge on any atom is 0.243 e. The lowest BCUT2D eigenvalue weighted by molar-refractivity contribution is 0.310. The van der Waals surface area contributed by atoms with Crippen molar-refractivity contribution in [2.45, 2.75) is 46.1 Å². The van der Waals surface area contributed by atoms with Gasteiger partial charge in [-0.15, -0.1) is 0 Å². The third-order valence-electron chi connectivity index (χ3n) is 2.52. The van der Waals surface area contributed by atoms with Crippen LogP contribution in [0.15, 0.2) is 4.52 Å². The number of aromatic nitrogens is 2. The van der Waals surface area contributed by atoms with E-state index in [9.17, 15) is 0 Å². The summed E-state index contributed by atoms with van der Waals surface area (Å²) in [5, 5.41) is 3.89. The predicted molar refractivity (Wildman–Crippen MR) is 54.8 cm³/mol. The van der Waals surface area contributed by atoms with Crippen LogP contribution in [-0.4, -0.2) is 10.1 Å². The second kappa shape index (κ2) is 4.55. The molecule has 0 fully saturated rings. The molecule has 0 saturated heterocycles. The van der Waals surface area contributed by atoms with Crippen LogP contribution in [0.25, 0.3) is 0 Å². The Morgan fingerprint density at radius 2 is 2.00 bits per heavy atom. The van der Waals surface area contributed by atoms with Gasteiger partial charge in [0, 0.05) is 5.92 Å². The van der Waals surface area contributed by atoms with Gasteiger partial charge in [-0.1, -0.05) is 39.3 Å². The highest BCUT2D eigenvalue weighted by Crippen LogP contribution is 2.21. The van der Waals surface area contributed by atoms with Gasteiger partial charge in [-0.3, -0.25) is 0 Å². The topological polar surface area (TPSA) is 64.9 Å². The molecule has 0 aliphatic carbocycles. The predicted octanol–water partition coefficient (Wildman–Crippen LogP) is 2.24. The first-order valence-electron chi connectivity index (χ1n) is 5.15. The molecule has 4 nitrogen and oxygen atoms in total. The van der Waals surface area contributed by atoms with Gasteiger partial charge in [0.2, 0.25) is 5.89 Å². The van der Waals surface area contributed by atoms with Gasteiger partial charge in [-0.2, -0.15) is 4.98 Å². The van der Waals surface area contributed by atoms with E-state index in [1.54, 1.807) is 0 Å². The summed E-state index contributed by atoms with van der Waals surface area (Å²) >= 11 is 0. The minimum Gasteiger partial charge on any atom is -0.338 e. The maximum atomic E-state index is 5.97. The van der Waals surface area contributed by atoms with Gasteiger partial charge in [0.1, 0.15) is 0 Å². The largest absolute Gasteiger partial charge is 0.338 e. The van der Waals surface area contributed by atoms with Crippen LogP contribution in [0.1, 0.15) is 57.8 Å². The minimum atomic E-state index is -0.139. The number of hydrogen-bond acceptors (Lipinski definition) is 4. The molecule has 1 aromatic heterocycles. The molecule has 0 saturated carbocycles. The van der Waals surface area contributed by atoms with Crippen LogP contribution in [0.2, 0.25) is 0 Å². The third-order valence-corrected chi connectivity index (χ3v) is 2.52. The molecule has 0 amide bonds. The van der Waals surface area contributed by atoms with Gasteiger partial charge in [0.05, 0.1) is 6.04 Å². The molecular weight excluding hydrogens is 178 g/mol. The molecule has 0 bridgehead atoms. The number of hydrogen-bond donors (Lipinski definition) is 1. The van der Waals surface area contributed by atoms with Gasteiger partial charge in [-0.25, -0.2) is 0 Å². The minimum absolute atomic E-state index is 0.139. The van der Waals surface area contributed by atoms with E-state index in [1.165, 1.54) is 0 Å². The summed E-state index contributed by atoms with van der Waals surface area (Å²) in [5.41, 5.74) is 5.97. The summed E-state index contributed by atoms with van der Waals surface area (Å²) in [7, 11) is 0. The first-order valence-corrected chi connectivity index (χ1v) is 5.15. The van der Waals surface area contributed by atoms with E-state index >= 15 is 0 Å². The Morgan fingerprint density at radius 1 is 1.36 bits per heavy atom. The molecule has 0 aromatic carbocycles. The highest BCUT2D eigenvalue weighted by atomic mass is 16.5. The molecule has 2 atom stereocenters. The van der Waals surface area contributed by atoms with Crippen molar-refractivity contribution in [2.24, 2.45) is 11.7 Å². The fraction of sp³-hybridized carbons (Fsp3) is 0.800. The quantitative estimate of drug-likeness (QED) is 0.803. The fourth-order valence-corrected chi connectivity index (χ4v) is 1.11. The van der Waals surface area contributed by atoms with E-state index in [-0.39, 0.29) is 12.0 Å². The van der Waals surface area contributed by atoms with Crippen LogP contribution in [0.4, 0.5) is 0 Å². The zero-order valence-corrected chi connectivity index (χ0v) is 9.32. The highest BCUT2D eigenvalue weighted by Gasteiger charge is 2.20. The number of nitrogens with two attached hydrogens (primary N) is 1. The summed E-state index contributed by atoms with van der Waals surface area (Å²) in [5.74, 6) is 1.95. The Labute approximate surface area is 84.9 Å². The van der Waals surface area contributed by atoms with E-state index < -0.39 is 0 Å². The SMILES string of the molecule is CCC(C)C(N)c1nc(C(C)C)no1. The van der Waals surface area contributed by atoms with E-state index in [4.69, 9.17) is 10.3 Å². The van der Waals surface area contributed by atoms with E-state index in [1.807, 2.05) is 13.8 Å². The molecular formula is C10H19N3O. The van der Waals surface area contributed by atoms with Crippen LogP contribution in [0, 0.1) is 5.92 Å². The van der Waals surface area contributed by atoms with Crippen LogP contribution in [0.3, 0.4) is 0 Å². The summed E-state index contributed by atoms with van der Waals surface area (Å²) in [4.78, 5) is 4.28. The summed E-state index contributed by atoms with van der Waals surface area (Å²) in [6, 6.07) is -0.139. The lowest BCUT2D eigenvalue weighted by Crippen LogP contribution is -2.18. The normalized spacial score (nSPS) is 15.9. The monoisotopic (exact) mass is 197 g/mol. The molecule has 2 N–H and O–H groups in total. The maximum absolute atomic E-state index is 5.97. The number of rotatable bonds is 4. The highest BCUT2D eigenvalue weighted by molar-refractivity contribution is 4.96. The molecule has 2 unspecified atom stereocenters. The van der Waals surface area contributed by atoms with Crippen molar-refractivity contribution in [1.82, 2.24) is 10.1 Å². The van der Waals surface area contributed by atoms with Crippen LogP contribution in [-0.2, 0) is 0 Å². The molecule has 14 heavy (non-hydrogen) atoms. The lowest BCUT2D eigenvalue weighted by atomic mass is 10.0. The molecule has 0 spiro atoms. The van der Waals surface area contributed by atoms with Crippen molar-refractivity contribution in [3.63, 3.8) is 0 Å². The summed E-state index contributed by atoms with van der Waals surface area (Å²) < 4.78 is 5.12. The second-order valence-electron chi connectivity index (χ2n) is 4.06. The Hall–Kier alpha value is -0.900. The fourth-order valence-electron chi connectivity index (χ4n) is 1.11. The molecule has 0 radical (unpaired) electrons. The van der Waals surface area contributed by atoms with Crippen molar-refractivity contribution in [1.29, 1.82) is 0 Å². The van der Waals surface area contributed by atoms with E-state index in [0.29, 0.717) is 11.8 Å². The van der Waals surface area contributed by atoms with Crippen molar-refractivity contribution >= 4 is 0 Å². The molecule has 0 aliphatic rings. The number of nitrogens with zero attached hydrogens (tertiary/aromatic N) is 2. The standard InChI is InChI=1S/C10H19N3O/c1-5-7(4)8(11)10-12-9(6(2)3)13-14-10/h6-8H,5,11H2,1-4H3. The van der Waals surface area contributed by atoms with Crippen LogP contribution < -0.4 is 5.73 Å². The Balaban J connectivity index is 2.76. The summed E-state index contributed by atoms with van der Waals surface area (Å²) in [6.07, 6.45) is 1.01. The van der Waals surface area contributed by atoms with Gasteiger partial charge in [0.25, 0.3) is 0 Å². The van der Waals surface area contributed by atoms with Gasteiger partial charge in [0.15, 0.2) is 5.82 Å². The Kier molecular flexibility index (Phi) is 3.63. The summed E-state index contributed by atoms with van der Waals surface area (Å²) in [6.45, 7) is 8.25. The molecule has 0 aliphatic heterocycles.